The fourth-order valence-electron chi connectivity index (χ4n) is 1.81. The van der Waals surface area contributed by atoms with Gasteiger partial charge in [0.2, 0.25) is 0 Å². The Labute approximate surface area is 79.3 Å². The van der Waals surface area contributed by atoms with Gasteiger partial charge in [-0.1, -0.05) is 0 Å². The largest absolute Gasteiger partial charge is 0.395 e. The van der Waals surface area contributed by atoms with Crippen molar-refractivity contribution in [1.29, 1.82) is 0 Å². The van der Waals surface area contributed by atoms with Gasteiger partial charge in [0, 0.05) is 6.04 Å². The molecule has 2 nitrogen and oxygen atoms in total. The molecule has 1 rings (SSSR count). The predicted octanol–water partition coefficient (Wildman–Crippen LogP) is 1.20. The second-order valence-electron chi connectivity index (χ2n) is 3.36. The minimum atomic E-state index is 0.346. The fourth-order valence-corrected chi connectivity index (χ4v) is 2.23. The minimum absolute atomic E-state index is 0.346. The van der Waals surface area contributed by atoms with Crippen LogP contribution in [0.1, 0.15) is 19.3 Å². The van der Waals surface area contributed by atoms with Crippen LogP contribution in [0.15, 0.2) is 0 Å². The van der Waals surface area contributed by atoms with Gasteiger partial charge in [0.25, 0.3) is 0 Å². The zero-order valence-electron chi connectivity index (χ0n) is 7.83. The van der Waals surface area contributed by atoms with Crippen LogP contribution in [0.4, 0.5) is 0 Å². The van der Waals surface area contributed by atoms with Gasteiger partial charge >= 0.3 is 0 Å². The van der Waals surface area contributed by atoms with Crippen molar-refractivity contribution in [3.05, 3.63) is 0 Å². The molecule has 0 saturated carbocycles. The van der Waals surface area contributed by atoms with Crippen molar-refractivity contribution >= 4 is 11.8 Å². The molecule has 0 bridgehead atoms. The third-order valence-electron chi connectivity index (χ3n) is 2.50. The maximum absolute atomic E-state index is 9.05. The maximum atomic E-state index is 9.05. The van der Waals surface area contributed by atoms with Crippen molar-refractivity contribution < 1.29 is 5.11 Å². The second-order valence-corrected chi connectivity index (χ2v) is 4.35. The number of hydrogen-bond acceptors (Lipinski definition) is 3. The molecule has 0 spiro atoms. The van der Waals surface area contributed by atoms with Crippen molar-refractivity contribution in [2.75, 3.05) is 31.7 Å². The molecule has 1 heterocycles. The summed E-state index contributed by atoms with van der Waals surface area (Å²) < 4.78 is 0. The van der Waals surface area contributed by atoms with Crippen LogP contribution in [-0.4, -0.2) is 47.8 Å². The molecule has 0 aromatic heterocycles. The zero-order chi connectivity index (χ0) is 8.81. The van der Waals surface area contributed by atoms with Gasteiger partial charge in [-0.15, -0.1) is 0 Å². The van der Waals surface area contributed by atoms with Gasteiger partial charge in [0.15, 0.2) is 0 Å². The number of hydrogen-bond donors (Lipinski definition) is 1. The molecule has 0 radical (unpaired) electrons. The Morgan fingerprint density at radius 3 is 3.08 bits per heavy atom. The lowest BCUT2D eigenvalue weighted by atomic mass is 10.2. The fraction of sp³-hybridized carbons (Fsp3) is 1.00. The average Bonchev–Trinajstić information content (AvgIpc) is 2.52. The van der Waals surface area contributed by atoms with Crippen LogP contribution in [0, 0.1) is 0 Å². The SMILES string of the molecule is CSCCCN1CCC[C@@H]1CO. The number of rotatable bonds is 5. The molecule has 0 aliphatic carbocycles. The summed E-state index contributed by atoms with van der Waals surface area (Å²) in [4.78, 5) is 2.43. The summed E-state index contributed by atoms with van der Waals surface area (Å²) >= 11 is 1.90. The molecular weight excluding hydrogens is 170 g/mol. The highest BCUT2D eigenvalue weighted by Crippen LogP contribution is 2.16. The molecule has 1 aliphatic heterocycles. The Bertz CT molecular complexity index is 121. The summed E-state index contributed by atoms with van der Waals surface area (Å²) in [5.41, 5.74) is 0. The highest BCUT2D eigenvalue weighted by Gasteiger charge is 2.22. The standard InChI is InChI=1S/C9H19NOS/c1-12-7-3-6-10-5-2-4-9(10)8-11/h9,11H,2-8H2,1H3/t9-/m1/s1. The zero-order valence-corrected chi connectivity index (χ0v) is 8.65. The highest BCUT2D eigenvalue weighted by atomic mass is 32.2. The minimum Gasteiger partial charge on any atom is -0.395 e. The van der Waals surface area contributed by atoms with Crippen molar-refractivity contribution in [3.63, 3.8) is 0 Å². The molecule has 1 atom stereocenters. The highest BCUT2D eigenvalue weighted by molar-refractivity contribution is 7.98. The van der Waals surface area contributed by atoms with Crippen molar-refractivity contribution in [3.8, 4) is 0 Å². The van der Waals surface area contributed by atoms with Gasteiger partial charge in [0.1, 0.15) is 0 Å². The Morgan fingerprint density at radius 1 is 1.58 bits per heavy atom. The molecule has 1 saturated heterocycles. The molecule has 12 heavy (non-hydrogen) atoms. The van der Waals surface area contributed by atoms with E-state index in [1.54, 1.807) is 0 Å². The summed E-state index contributed by atoms with van der Waals surface area (Å²) in [5.74, 6) is 1.24. The number of aliphatic hydroxyl groups is 1. The first kappa shape index (κ1) is 10.4. The van der Waals surface area contributed by atoms with Crippen LogP contribution >= 0.6 is 11.8 Å². The van der Waals surface area contributed by atoms with Gasteiger partial charge < -0.3 is 5.11 Å². The number of thioether (sulfide) groups is 1. The van der Waals surface area contributed by atoms with Crippen LogP contribution < -0.4 is 0 Å². The first-order chi connectivity index (χ1) is 5.88. The first-order valence-electron chi connectivity index (χ1n) is 4.72. The third kappa shape index (κ3) is 2.96. The van der Waals surface area contributed by atoms with Crippen molar-refractivity contribution in [2.45, 2.75) is 25.3 Å². The third-order valence-corrected chi connectivity index (χ3v) is 3.20. The van der Waals surface area contributed by atoms with E-state index in [9.17, 15) is 0 Å². The summed E-state index contributed by atoms with van der Waals surface area (Å²) in [6.45, 7) is 2.71. The van der Waals surface area contributed by atoms with Crippen LogP contribution in [-0.2, 0) is 0 Å². The van der Waals surface area contributed by atoms with Crippen molar-refractivity contribution in [2.24, 2.45) is 0 Å². The van der Waals surface area contributed by atoms with Gasteiger partial charge in [-0.3, -0.25) is 4.90 Å². The number of aliphatic hydroxyl groups excluding tert-OH is 1. The average molecular weight is 189 g/mol. The molecular formula is C9H19NOS. The van der Waals surface area contributed by atoms with Gasteiger partial charge in [0.05, 0.1) is 6.61 Å². The lowest BCUT2D eigenvalue weighted by molar-refractivity contribution is 0.159. The molecule has 1 aliphatic rings. The Balaban J connectivity index is 2.12. The smallest absolute Gasteiger partial charge is 0.0586 e. The van der Waals surface area contributed by atoms with E-state index in [0.717, 1.165) is 0 Å². The van der Waals surface area contributed by atoms with Gasteiger partial charge in [-0.25, -0.2) is 0 Å². The van der Waals surface area contributed by atoms with Crippen LogP contribution in [0.3, 0.4) is 0 Å². The van der Waals surface area contributed by atoms with E-state index in [0.29, 0.717) is 12.6 Å². The molecule has 1 N–H and O–H groups in total. The lowest BCUT2D eigenvalue weighted by Crippen LogP contribution is -2.33. The lowest BCUT2D eigenvalue weighted by Gasteiger charge is -2.22. The summed E-state index contributed by atoms with van der Waals surface area (Å²) in [5, 5.41) is 9.05. The first-order valence-corrected chi connectivity index (χ1v) is 6.11. The van der Waals surface area contributed by atoms with E-state index in [-0.39, 0.29) is 0 Å². The van der Waals surface area contributed by atoms with Gasteiger partial charge in [-0.2, -0.15) is 11.8 Å². The monoisotopic (exact) mass is 189 g/mol. The number of nitrogens with zero attached hydrogens (tertiary/aromatic N) is 1. The molecule has 0 unspecified atom stereocenters. The molecule has 0 amide bonds. The van der Waals surface area contributed by atoms with E-state index in [1.165, 1.54) is 38.1 Å². The quantitative estimate of drug-likeness (QED) is 0.657. The predicted molar refractivity (Wildman–Crippen MR) is 54.7 cm³/mol. The Morgan fingerprint density at radius 2 is 2.42 bits per heavy atom. The summed E-state index contributed by atoms with van der Waals surface area (Å²) in [7, 11) is 0. The van der Waals surface area contributed by atoms with E-state index >= 15 is 0 Å². The Hall–Kier alpha value is 0.270. The maximum Gasteiger partial charge on any atom is 0.0586 e. The molecule has 72 valence electrons. The second kappa shape index (κ2) is 5.84. The van der Waals surface area contributed by atoms with Crippen LogP contribution in [0.25, 0.3) is 0 Å². The van der Waals surface area contributed by atoms with Crippen LogP contribution in [0.5, 0.6) is 0 Å². The van der Waals surface area contributed by atoms with E-state index in [2.05, 4.69) is 11.2 Å². The molecule has 0 aromatic rings. The number of likely N-dealkylation sites (tertiary alicyclic amines) is 1. The molecule has 1 fully saturated rings. The van der Waals surface area contributed by atoms with Crippen LogP contribution in [0.2, 0.25) is 0 Å². The van der Waals surface area contributed by atoms with Gasteiger partial charge in [-0.05, 0) is 44.4 Å². The summed E-state index contributed by atoms with van der Waals surface area (Å²) in [6, 6.07) is 0.465. The van der Waals surface area contributed by atoms with E-state index in [4.69, 9.17) is 5.11 Å². The topological polar surface area (TPSA) is 23.5 Å². The molecule has 3 heteroatoms. The molecule has 0 aromatic carbocycles. The van der Waals surface area contributed by atoms with E-state index < -0.39 is 0 Å². The Kier molecular flexibility index (Phi) is 5.04. The normalized spacial score (nSPS) is 25.0. The summed E-state index contributed by atoms with van der Waals surface area (Å²) in [6.07, 6.45) is 5.87. The van der Waals surface area contributed by atoms with E-state index in [1.807, 2.05) is 11.8 Å². The van der Waals surface area contributed by atoms with Crippen molar-refractivity contribution in [1.82, 2.24) is 4.90 Å².